The van der Waals surface area contributed by atoms with Crippen LogP contribution in [0.4, 0.5) is 0 Å². The summed E-state index contributed by atoms with van der Waals surface area (Å²) in [6.45, 7) is 3.22. The van der Waals surface area contributed by atoms with Crippen molar-refractivity contribution in [3.8, 4) is 0 Å². The Kier molecular flexibility index (Phi) is 28.3. The van der Waals surface area contributed by atoms with E-state index in [0.717, 1.165) is 0 Å². The summed E-state index contributed by atoms with van der Waals surface area (Å²) >= 11 is 2.81. The smallest absolute Gasteiger partial charge is 0.156 e. The summed E-state index contributed by atoms with van der Waals surface area (Å²) in [6, 6.07) is 0. The minimum Gasteiger partial charge on any atom is -0.323 e. The van der Waals surface area contributed by atoms with Gasteiger partial charge in [0.25, 0.3) is 0 Å². The standard InChI is InChI=1S/C3H3BrO.C2H7N.BrH/c1-3(4)2-5;1-3-2;/h2H,1H2;3H,1-2H3;1H. The van der Waals surface area contributed by atoms with Crippen molar-refractivity contribution in [2.75, 3.05) is 14.1 Å². The molecule has 0 aliphatic carbocycles. The van der Waals surface area contributed by atoms with Crippen LogP contribution in [0.25, 0.3) is 0 Å². The highest BCUT2D eigenvalue weighted by atomic mass is 79.9. The minimum atomic E-state index is 0. The van der Waals surface area contributed by atoms with Gasteiger partial charge in [0.05, 0.1) is 4.48 Å². The van der Waals surface area contributed by atoms with Crippen LogP contribution < -0.4 is 5.32 Å². The number of hydrogen-bond donors (Lipinski definition) is 1. The highest BCUT2D eigenvalue weighted by molar-refractivity contribution is 9.12. The normalized spacial score (nSPS) is 5.67. The first-order valence-corrected chi connectivity index (χ1v) is 2.86. The third kappa shape index (κ3) is 61.5. The molecule has 0 aromatic carbocycles. The van der Waals surface area contributed by atoms with E-state index < -0.39 is 0 Å². The lowest BCUT2D eigenvalue weighted by atomic mass is 10.7. The van der Waals surface area contributed by atoms with Crippen molar-refractivity contribution in [2.45, 2.75) is 0 Å². The van der Waals surface area contributed by atoms with Gasteiger partial charge in [0.15, 0.2) is 6.29 Å². The number of aldehydes is 1. The molecule has 0 spiro atoms. The fourth-order valence-corrected chi connectivity index (χ4v) is 0. The van der Waals surface area contributed by atoms with Crippen molar-refractivity contribution in [1.29, 1.82) is 0 Å². The van der Waals surface area contributed by atoms with Gasteiger partial charge in [-0.1, -0.05) is 6.58 Å². The van der Waals surface area contributed by atoms with E-state index in [0.29, 0.717) is 10.8 Å². The van der Waals surface area contributed by atoms with Gasteiger partial charge in [0.1, 0.15) is 0 Å². The van der Waals surface area contributed by atoms with Crippen LogP contribution in [0.15, 0.2) is 11.1 Å². The summed E-state index contributed by atoms with van der Waals surface area (Å²) in [5.74, 6) is 0. The number of hydrogen-bond acceptors (Lipinski definition) is 2. The molecule has 0 radical (unpaired) electrons. The van der Waals surface area contributed by atoms with E-state index >= 15 is 0 Å². The molecular formula is C5H11Br2NO. The van der Waals surface area contributed by atoms with Crippen molar-refractivity contribution >= 4 is 39.2 Å². The first kappa shape index (κ1) is 16.2. The van der Waals surface area contributed by atoms with Crippen LogP contribution in [-0.2, 0) is 4.79 Å². The Morgan fingerprint density at radius 3 is 1.78 bits per heavy atom. The molecule has 0 saturated heterocycles. The summed E-state index contributed by atoms with van der Waals surface area (Å²) < 4.78 is 0.387. The third-order valence-corrected chi connectivity index (χ3v) is 0.315. The second-order valence-electron chi connectivity index (χ2n) is 1.06. The number of carbonyl (C=O) groups is 1. The van der Waals surface area contributed by atoms with Gasteiger partial charge in [-0.2, -0.15) is 0 Å². The Balaban J connectivity index is -0.0000000800. The quantitative estimate of drug-likeness (QED) is 0.572. The molecule has 4 heteroatoms. The van der Waals surface area contributed by atoms with Gasteiger partial charge in [-0.05, 0) is 30.0 Å². The summed E-state index contributed by atoms with van der Waals surface area (Å²) in [5, 5.41) is 2.75. The maximum absolute atomic E-state index is 9.36. The number of allylic oxidation sites excluding steroid dienone is 1. The predicted octanol–water partition coefficient (Wildman–Crippen LogP) is 1.51. The Bertz CT molecular complexity index is 75.4. The molecule has 0 fully saturated rings. The summed E-state index contributed by atoms with van der Waals surface area (Å²) in [7, 11) is 3.75. The van der Waals surface area contributed by atoms with Gasteiger partial charge in [-0.15, -0.1) is 17.0 Å². The average Bonchev–Trinajstić information content (AvgIpc) is 1.69. The molecule has 0 bridgehead atoms. The van der Waals surface area contributed by atoms with Gasteiger partial charge >= 0.3 is 0 Å². The van der Waals surface area contributed by atoms with E-state index in [1.807, 2.05) is 14.1 Å². The molecular weight excluding hydrogens is 250 g/mol. The van der Waals surface area contributed by atoms with Gasteiger partial charge in [-0.3, -0.25) is 4.79 Å². The molecule has 0 amide bonds. The van der Waals surface area contributed by atoms with Crippen molar-refractivity contribution in [1.82, 2.24) is 5.32 Å². The fourth-order valence-electron chi connectivity index (χ4n) is 0. The van der Waals surface area contributed by atoms with Crippen molar-refractivity contribution in [3.05, 3.63) is 11.1 Å². The second-order valence-corrected chi connectivity index (χ2v) is 2.08. The van der Waals surface area contributed by atoms with Crippen LogP contribution in [0.2, 0.25) is 0 Å². The maximum Gasteiger partial charge on any atom is 0.156 e. The zero-order valence-corrected chi connectivity index (χ0v) is 8.78. The van der Waals surface area contributed by atoms with Crippen molar-refractivity contribution < 1.29 is 4.79 Å². The lowest BCUT2D eigenvalue weighted by molar-refractivity contribution is -0.104. The maximum atomic E-state index is 9.36. The number of rotatable bonds is 1. The summed E-state index contributed by atoms with van der Waals surface area (Å²) in [6.07, 6.45) is 0.639. The predicted molar refractivity (Wildman–Crippen MR) is 49.4 cm³/mol. The molecule has 56 valence electrons. The van der Waals surface area contributed by atoms with Gasteiger partial charge in [-0.25, -0.2) is 0 Å². The highest BCUT2D eigenvalue weighted by Crippen LogP contribution is 1.90. The van der Waals surface area contributed by atoms with Crippen LogP contribution in [0.3, 0.4) is 0 Å². The van der Waals surface area contributed by atoms with Crippen LogP contribution in [0.1, 0.15) is 0 Å². The molecule has 0 unspecified atom stereocenters. The molecule has 1 N–H and O–H groups in total. The van der Waals surface area contributed by atoms with Crippen LogP contribution in [-0.4, -0.2) is 20.4 Å². The van der Waals surface area contributed by atoms with Crippen molar-refractivity contribution in [3.63, 3.8) is 0 Å². The monoisotopic (exact) mass is 259 g/mol. The van der Waals surface area contributed by atoms with E-state index in [1.54, 1.807) is 0 Å². The minimum absolute atomic E-state index is 0. The van der Waals surface area contributed by atoms with Crippen molar-refractivity contribution in [2.24, 2.45) is 0 Å². The van der Waals surface area contributed by atoms with Crippen LogP contribution in [0, 0.1) is 0 Å². The number of nitrogens with one attached hydrogen (secondary N) is 1. The Hall–Kier alpha value is 0.330. The van der Waals surface area contributed by atoms with Gasteiger partial charge in [0, 0.05) is 0 Å². The van der Waals surface area contributed by atoms with Crippen LogP contribution >= 0.6 is 32.9 Å². The molecule has 0 aliphatic rings. The second kappa shape index (κ2) is 15.8. The molecule has 0 rings (SSSR count). The Morgan fingerprint density at radius 2 is 1.78 bits per heavy atom. The number of carbonyl (C=O) groups excluding carboxylic acids is 1. The lowest BCUT2D eigenvalue weighted by Crippen LogP contribution is -1.89. The highest BCUT2D eigenvalue weighted by Gasteiger charge is 1.69. The molecule has 0 atom stereocenters. The number of halogens is 2. The van der Waals surface area contributed by atoms with E-state index in [-0.39, 0.29) is 17.0 Å². The third-order valence-electron chi connectivity index (χ3n) is 0.128. The molecule has 9 heavy (non-hydrogen) atoms. The van der Waals surface area contributed by atoms with Crippen LogP contribution in [0.5, 0.6) is 0 Å². The SMILES string of the molecule is Br.C=C(Br)C=O.CNC. The Labute approximate surface area is 74.6 Å². The molecule has 2 nitrogen and oxygen atoms in total. The van der Waals surface area contributed by atoms with E-state index in [9.17, 15) is 4.79 Å². The first-order chi connectivity index (χ1) is 3.68. The zero-order chi connectivity index (χ0) is 6.99. The Morgan fingerprint density at radius 1 is 1.67 bits per heavy atom. The molecule has 0 aliphatic heterocycles. The fraction of sp³-hybridized carbons (Fsp3) is 0.400. The van der Waals surface area contributed by atoms with E-state index in [1.165, 1.54) is 0 Å². The van der Waals surface area contributed by atoms with Gasteiger partial charge in [0.2, 0.25) is 0 Å². The molecule has 0 saturated carbocycles. The zero-order valence-electron chi connectivity index (χ0n) is 5.48. The van der Waals surface area contributed by atoms with E-state index in [2.05, 4.69) is 27.8 Å². The largest absolute Gasteiger partial charge is 0.323 e. The average molecular weight is 261 g/mol. The summed E-state index contributed by atoms with van der Waals surface area (Å²) in [4.78, 5) is 9.36. The molecule has 0 aromatic rings. The first-order valence-electron chi connectivity index (χ1n) is 2.07. The molecule has 0 aromatic heterocycles. The summed E-state index contributed by atoms with van der Waals surface area (Å²) in [5.41, 5.74) is 0. The lowest BCUT2D eigenvalue weighted by Gasteiger charge is -1.62. The van der Waals surface area contributed by atoms with Gasteiger partial charge < -0.3 is 5.32 Å². The topological polar surface area (TPSA) is 29.1 Å². The molecule has 0 heterocycles. The van der Waals surface area contributed by atoms with E-state index in [4.69, 9.17) is 0 Å².